The molecule has 0 fully saturated rings. The molecule has 7 heteroatoms. The van der Waals surface area contributed by atoms with Crippen LogP contribution in [0.4, 0.5) is 0 Å². The van der Waals surface area contributed by atoms with Crippen molar-refractivity contribution in [2.24, 2.45) is 0 Å². The van der Waals surface area contributed by atoms with Crippen LogP contribution in [0.25, 0.3) is 11.4 Å². The number of benzene rings is 1. The van der Waals surface area contributed by atoms with Crippen molar-refractivity contribution >= 4 is 21.8 Å². The second-order valence-electron chi connectivity index (χ2n) is 5.95. The van der Waals surface area contributed by atoms with Crippen LogP contribution in [0.5, 0.6) is 5.75 Å². The van der Waals surface area contributed by atoms with E-state index in [1.54, 1.807) is 11.1 Å². The zero-order chi connectivity index (χ0) is 17.3. The highest BCUT2D eigenvalue weighted by Gasteiger charge is 2.25. The van der Waals surface area contributed by atoms with Gasteiger partial charge in [0.2, 0.25) is 0 Å². The predicted octanol–water partition coefficient (Wildman–Crippen LogP) is 2.55. The largest absolute Gasteiger partial charge is 0.491 e. The molecule has 2 heterocycles. The van der Waals surface area contributed by atoms with E-state index in [1.807, 2.05) is 36.6 Å². The third-order valence-electron chi connectivity index (χ3n) is 4.00. The van der Waals surface area contributed by atoms with Gasteiger partial charge in [0, 0.05) is 23.3 Å². The monoisotopic (exact) mass is 393 g/mol. The second kappa shape index (κ2) is 6.94. The van der Waals surface area contributed by atoms with E-state index in [-0.39, 0.29) is 18.6 Å². The maximum absolute atomic E-state index is 12.7. The maximum atomic E-state index is 12.7. The molecule has 128 valence electrons. The number of aliphatic hydroxyl groups is 1. The Kier molecular flexibility index (Phi) is 4.91. The van der Waals surface area contributed by atoms with Crippen LogP contribution >= 0.6 is 15.9 Å². The smallest absolute Gasteiger partial charge is 0.274 e. The summed E-state index contributed by atoms with van der Waals surface area (Å²) in [5.74, 6) is 1.31. The van der Waals surface area contributed by atoms with E-state index in [0.29, 0.717) is 25.4 Å². The molecule has 0 atom stereocenters. The number of carbonyl (C=O) groups is 1. The van der Waals surface area contributed by atoms with E-state index in [0.717, 1.165) is 21.6 Å². The van der Waals surface area contributed by atoms with Crippen LogP contribution in [-0.4, -0.2) is 51.3 Å². The first-order valence-electron chi connectivity index (χ1n) is 7.93. The molecule has 0 aliphatic carbocycles. The lowest BCUT2D eigenvalue weighted by molar-refractivity contribution is 0.0660. The molecule has 24 heavy (non-hydrogen) atoms. The molecule has 1 aliphatic rings. The standard InChI is InChI=1S/C17H20BrN3O3/c1-11(2)21(5-7-22)17(23)14-10-20-6-8-24-15-9-12(18)3-4-13(15)16(20)19-14/h3-4,9-11,22H,5-8H2,1-2H3. The molecule has 2 aromatic rings. The maximum Gasteiger partial charge on any atom is 0.274 e. The number of hydrogen-bond acceptors (Lipinski definition) is 4. The van der Waals surface area contributed by atoms with Gasteiger partial charge in [0.25, 0.3) is 5.91 Å². The highest BCUT2D eigenvalue weighted by Crippen LogP contribution is 2.34. The third-order valence-corrected chi connectivity index (χ3v) is 4.49. The lowest BCUT2D eigenvalue weighted by Crippen LogP contribution is -2.39. The number of carbonyl (C=O) groups excluding carboxylic acids is 1. The van der Waals surface area contributed by atoms with E-state index in [4.69, 9.17) is 4.74 Å². The molecule has 1 aromatic carbocycles. The van der Waals surface area contributed by atoms with E-state index in [9.17, 15) is 9.90 Å². The van der Waals surface area contributed by atoms with Crippen LogP contribution < -0.4 is 4.74 Å². The summed E-state index contributed by atoms with van der Waals surface area (Å²) >= 11 is 3.44. The van der Waals surface area contributed by atoms with Crippen LogP contribution in [0.1, 0.15) is 24.3 Å². The highest BCUT2D eigenvalue weighted by molar-refractivity contribution is 9.10. The number of imidazole rings is 1. The zero-order valence-electron chi connectivity index (χ0n) is 13.7. The molecule has 1 N–H and O–H groups in total. The van der Waals surface area contributed by atoms with Gasteiger partial charge in [-0.25, -0.2) is 4.98 Å². The van der Waals surface area contributed by atoms with Crippen molar-refractivity contribution < 1.29 is 14.6 Å². The molecule has 0 radical (unpaired) electrons. The fraction of sp³-hybridized carbons (Fsp3) is 0.412. The number of halogens is 1. The zero-order valence-corrected chi connectivity index (χ0v) is 15.3. The number of aliphatic hydroxyl groups excluding tert-OH is 1. The Bertz CT molecular complexity index is 758. The van der Waals surface area contributed by atoms with Crippen molar-refractivity contribution in [1.82, 2.24) is 14.5 Å². The number of nitrogens with zero attached hydrogens (tertiary/aromatic N) is 3. The molecular formula is C17H20BrN3O3. The van der Waals surface area contributed by atoms with Gasteiger partial charge in [-0.1, -0.05) is 15.9 Å². The molecule has 1 aromatic heterocycles. The molecule has 0 saturated heterocycles. The van der Waals surface area contributed by atoms with E-state index in [1.165, 1.54) is 0 Å². The topological polar surface area (TPSA) is 67.6 Å². The lowest BCUT2D eigenvalue weighted by Gasteiger charge is -2.24. The Hall–Kier alpha value is -1.86. The summed E-state index contributed by atoms with van der Waals surface area (Å²) in [7, 11) is 0. The minimum atomic E-state index is -0.167. The first kappa shape index (κ1) is 17.0. The predicted molar refractivity (Wildman–Crippen MR) is 94.1 cm³/mol. The van der Waals surface area contributed by atoms with Crippen LogP contribution in [0.3, 0.4) is 0 Å². The number of ether oxygens (including phenoxy) is 1. The molecular weight excluding hydrogens is 374 g/mol. The number of amides is 1. The molecule has 0 spiro atoms. The average molecular weight is 394 g/mol. The third kappa shape index (κ3) is 3.18. The summed E-state index contributed by atoms with van der Waals surface area (Å²) in [5.41, 5.74) is 1.26. The Morgan fingerprint density at radius 3 is 3.00 bits per heavy atom. The van der Waals surface area contributed by atoms with Crippen LogP contribution in [0.2, 0.25) is 0 Å². The lowest BCUT2D eigenvalue weighted by atomic mass is 10.2. The number of aromatic nitrogens is 2. The van der Waals surface area contributed by atoms with Gasteiger partial charge in [-0.2, -0.15) is 0 Å². The van der Waals surface area contributed by atoms with E-state index < -0.39 is 0 Å². The van der Waals surface area contributed by atoms with Crippen molar-refractivity contribution in [3.8, 4) is 17.1 Å². The number of hydrogen-bond donors (Lipinski definition) is 1. The van der Waals surface area contributed by atoms with Crippen molar-refractivity contribution in [3.05, 3.63) is 34.6 Å². The average Bonchev–Trinajstić information content (AvgIpc) is 2.89. The van der Waals surface area contributed by atoms with Gasteiger partial charge in [0.05, 0.1) is 18.7 Å². The van der Waals surface area contributed by atoms with E-state index >= 15 is 0 Å². The molecule has 1 aliphatic heterocycles. The van der Waals surface area contributed by atoms with Crippen molar-refractivity contribution in [2.75, 3.05) is 19.8 Å². The molecule has 0 saturated carbocycles. The summed E-state index contributed by atoms with van der Waals surface area (Å²) in [4.78, 5) is 18.9. The normalized spacial score (nSPS) is 13.0. The Morgan fingerprint density at radius 2 is 2.29 bits per heavy atom. The Morgan fingerprint density at radius 1 is 1.50 bits per heavy atom. The summed E-state index contributed by atoms with van der Waals surface area (Å²) in [6, 6.07) is 5.78. The summed E-state index contributed by atoms with van der Waals surface area (Å²) in [5, 5.41) is 9.20. The second-order valence-corrected chi connectivity index (χ2v) is 6.86. The highest BCUT2D eigenvalue weighted by atomic mass is 79.9. The fourth-order valence-corrected chi connectivity index (χ4v) is 3.15. The minimum absolute atomic E-state index is 0.00210. The molecule has 1 amide bonds. The summed E-state index contributed by atoms with van der Waals surface area (Å²) in [6.45, 7) is 5.23. The number of fused-ring (bicyclic) bond motifs is 3. The van der Waals surface area contributed by atoms with Crippen molar-refractivity contribution in [3.63, 3.8) is 0 Å². The van der Waals surface area contributed by atoms with Gasteiger partial charge in [-0.15, -0.1) is 0 Å². The summed E-state index contributed by atoms with van der Waals surface area (Å²) in [6.07, 6.45) is 1.77. The molecule has 0 bridgehead atoms. The first-order chi connectivity index (χ1) is 11.5. The van der Waals surface area contributed by atoms with Gasteiger partial charge >= 0.3 is 0 Å². The summed E-state index contributed by atoms with van der Waals surface area (Å²) < 4.78 is 8.66. The quantitative estimate of drug-likeness (QED) is 0.866. The van der Waals surface area contributed by atoms with E-state index in [2.05, 4.69) is 20.9 Å². The molecule has 6 nitrogen and oxygen atoms in total. The molecule has 3 rings (SSSR count). The van der Waals surface area contributed by atoms with Gasteiger partial charge in [-0.3, -0.25) is 4.79 Å². The SMILES string of the molecule is CC(C)N(CCO)C(=O)c1cn2c(n1)-c1ccc(Br)cc1OCC2. The van der Waals surface area contributed by atoms with Gasteiger partial charge < -0.3 is 19.3 Å². The Labute approximate surface area is 149 Å². The van der Waals surface area contributed by atoms with Gasteiger partial charge in [-0.05, 0) is 32.0 Å². The van der Waals surface area contributed by atoms with Crippen molar-refractivity contribution in [2.45, 2.75) is 26.4 Å². The Balaban J connectivity index is 2.00. The first-order valence-corrected chi connectivity index (χ1v) is 8.72. The van der Waals surface area contributed by atoms with Crippen LogP contribution in [0, 0.1) is 0 Å². The van der Waals surface area contributed by atoms with Crippen LogP contribution in [0.15, 0.2) is 28.9 Å². The molecule has 0 unspecified atom stereocenters. The number of rotatable bonds is 4. The van der Waals surface area contributed by atoms with Crippen LogP contribution in [-0.2, 0) is 6.54 Å². The van der Waals surface area contributed by atoms with Crippen molar-refractivity contribution in [1.29, 1.82) is 0 Å². The minimum Gasteiger partial charge on any atom is -0.491 e. The van der Waals surface area contributed by atoms with Gasteiger partial charge in [0.1, 0.15) is 23.9 Å². The van der Waals surface area contributed by atoms with Gasteiger partial charge in [0.15, 0.2) is 0 Å². The fourth-order valence-electron chi connectivity index (χ4n) is 2.81.